The minimum absolute atomic E-state index is 0.00528. The van der Waals surface area contributed by atoms with Crippen LogP contribution in [0.25, 0.3) is 0 Å². The Morgan fingerprint density at radius 2 is 1.84 bits per heavy atom. The van der Waals surface area contributed by atoms with E-state index in [1.54, 1.807) is 12.1 Å². The molecule has 0 aliphatic rings. The Morgan fingerprint density at radius 3 is 2.32 bits per heavy atom. The number of amides is 3. The minimum atomic E-state index is -0.547. The number of urea groups is 1. The Bertz CT molecular complexity index is 442. The molecule has 6 heteroatoms. The second kappa shape index (κ2) is 6.63. The predicted molar refractivity (Wildman–Crippen MR) is 74.1 cm³/mol. The Balaban J connectivity index is 2.76. The van der Waals surface area contributed by atoms with Crippen LogP contribution in [0.2, 0.25) is 0 Å². The van der Waals surface area contributed by atoms with Crippen molar-refractivity contribution in [3.63, 3.8) is 0 Å². The molecule has 0 heterocycles. The van der Waals surface area contributed by atoms with E-state index < -0.39 is 5.91 Å². The second-order valence-corrected chi connectivity index (χ2v) is 4.67. The number of carbonyl (C=O) groups is 2. The van der Waals surface area contributed by atoms with Gasteiger partial charge in [0.25, 0.3) is 0 Å². The standard InChI is InChI=1S/C13H20N4O2/c1-9(2)16-13(19)17(8-12(15)18)7-10-3-5-11(14)6-4-10/h3-6,9H,7-8,14H2,1-2H3,(H2,15,18)(H,16,19). The SMILES string of the molecule is CC(C)NC(=O)N(CC(N)=O)Cc1ccc(N)cc1. The summed E-state index contributed by atoms with van der Waals surface area (Å²) in [4.78, 5) is 24.3. The van der Waals surface area contributed by atoms with Crippen LogP contribution in [0.5, 0.6) is 0 Å². The first-order chi connectivity index (χ1) is 8.88. The average Bonchev–Trinajstić information content (AvgIpc) is 2.29. The van der Waals surface area contributed by atoms with Crippen LogP contribution in [0.3, 0.4) is 0 Å². The van der Waals surface area contributed by atoms with E-state index >= 15 is 0 Å². The number of nitrogens with two attached hydrogens (primary N) is 2. The first-order valence-electron chi connectivity index (χ1n) is 6.06. The van der Waals surface area contributed by atoms with E-state index in [1.165, 1.54) is 4.90 Å². The molecule has 6 nitrogen and oxygen atoms in total. The number of hydrogen-bond acceptors (Lipinski definition) is 3. The van der Waals surface area contributed by atoms with Gasteiger partial charge in [-0.15, -0.1) is 0 Å². The number of anilines is 1. The van der Waals surface area contributed by atoms with Gasteiger partial charge in [-0.1, -0.05) is 12.1 Å². The maximum absolute atomic E-state index is 11.9. The zero-order valence-electron chi connectivity index (χ0n) is 11.2. The molecule has 0 saturated heterocycles. The second-order valence-electron chi connectivity index (χ2n) is 4.67. The zero-order valence-corrected chi connectivity index (χ0v) is 11.2. The van der Waals surface area contributed by atoms with Gasteiger partial charge in [-0.05, 0) is 31.5 Å². The van der Waals surface area contributed by atoms with Crippen molar-refractivity contribution in [1.29, 1.82) is 0 Å². The molecule has 0 atom stereocenters. The van der Waals surface area contributed by atoms with E-state index in [4.69, 9.17) is 11.5 Å². The number of benzene rings is 1. The first-order valence-corrected chi connectivity index (χ1v) is 6.06. The van der Waals surface area contributed by atoms with E-state index in [9.17, 15) is 9.59 Å². The smallest absolute Gasteiger partial charge is 0.318 e. The van der Waals surface area contributed by atoms with Gasteiger partial charge in [-0.3, -0.25) is 4.79 Å². The van der Waals surface area contributed by atoms with Crippen molar-refractivity contribution in [1.82, 2.24) is 10.2 Å². The molecule has 0 fully saturated rings. The quantitative estimate of drug-likeness (QED) is 0.681. The van der Waals surface area contributed by atoms with Crippen LogP contribution in [0.15, 0.2) is 24.3 Å². The third-order valence-electron chi connectivity index (χ3n) is 2.40. The van der Waals surface area contributed by atoms with E-state index in [2.05, 4.69) is 5.32 Å². The summed E-state index contributed by atoms with van der Waals surface area (Å²) in [5.41, 5.74) is 12.3. The number of nitrogens with zero attached hydrogens (tertiary/aromatic N) is 1. The maximum atomic E-state index is 11.9. The number of nitrogen functional groups attached to an aromatic ring is 1. The Kier molecular flexibility index (Phi) is 5.17. The summed E-state index contributed by atoms with van der Waals surface area (Å²) in [7, 11) is 0. The van der Waals surface area contributed by atoms with Gasteiger partial charge in [-0.25, -0.2) is 4.79 Å². The molecule has 1 aromatic carbocycles. The summed E-state index contributed by atoms with van der Waals surface area (Å²) in [6.07, 6.45) is 0. The van der Waals surface area contributed by atoms with Gasteiger partial charge in [0.05, 0.1) is 0 Å². The van der Waals surface area contributed by atoms with Gasteiger partial charge in [0, 0.05) is 18.3 Å². The molecule has 104 valence electrons. The van der Waals surface area contributed by atoms with Crippen molar-refractivity contribution in [2.45, 2.75) is 26.4 Å². The summed E-state index contributed by atoms with van der Waals surface area (Å²) in [5, 5.41) is 2.73. The lowest BCUT2D eigenvalue weighted by molar-refractivity contribution is -0.118. The fraction of sp³-hybridized carbons (Fsp3) is 0.385. The van der Waals surface area contributed by atoms with Gasteiger partial charge >= 0.3 is 6.03 Å². The largest absolute Gasteiger partial charge is 0.399 e. The van der Waals surface area contributed by atoms with Crippen molar-refractivity contribution in [2.75, 3.05) is 12.3 Å². The predicted octanol–water partition coefficient (Wildman–Crippen LogP) is 0.674. The molecule has 0 bridgehead atoms. The Hall–Kier alpha value is -2.24. The van der Waals surface area contributed by atoms with E-state index in [0.29, 0.717) is 12.2 Å². The fourth-order valence-electron chi connectivity index (χ4n) is 1.57. The highest BCUT2D eigenvalue weighted by atomic mass is 16.2. The summed E-state index contributed by atoms with van der Waals surface area (Å²) in [5.74, 6) is -0.547. The van der Waals surface area contributed by atoms with Crippen LogP contribution in [-0.2, 0) is 11.3 Å². The van der Waals surface area contributed by atoms with Crippen LogP contribution in [-0.4, -0.2) is 29.4 Å². The Morgan fingerprint density at radius 1 is 1.26 bits per heavy atom. The molecule has 0 aliphatic carbocycles. The lowest BCUT2D eigenvalue weighted by atomic mass is 10.2. The summed E-state index contributed by atoms with van der Waals surface area (Å²) in [6, 6.07) is 6.80. The van der Waals surface area contributed by atoms with E-state index in [0.717, 1.165) is 5.56 Å². The average molecular weight is 264 g/mol. The molecule has 1 rings (SSSR count). The van der Waals surface area contributed by atoms with Crippen LogP contribution >= 0.6 is 0 Å². The van der Waals surface area contributed by atoms with Gasteiger partial charge < -0.3 is 21.7 Å². The first kappa shape index (κ1) is 14.8. The number of primary amides is 1. The molecular weight excluding hydrogens is 244 g/mol. The number of rotatable bonds is 5. The molecule has 0 unspecified atom stereocenters. The number of nitrogens with one attached hydrogen (secondary N) is 1. The van der Waals surface area contributed by atoms with Gasteiger partial charge in [0.1, 0.15) is 6.54 Å². The maximum Gasteiger partial charge on any atom is 0.318 e. The minimum Gasteiger partial charge on any atom is -0.399 e. The molecule has 0 aromatic heterocycles. The summed E-state index contributed by atoms with van der Waals surface area (Å²) in [6.45, 7) is 3.89. The van der Waals surface area contributed by atoms with Crippen molar-refractivity contribution in [3.05, 3.63) is 29.8 Å². The third kappa shape index (κ3) is 5.29. The normalized spacial score (nSPS) is 10.3. The summed E-state index contributed by atoms with van der Waals surface area (Å²) >= 11 is 0. The van der Waals surface area contributed by atoms with E-state index in [-0.39, 0.29) is 18.6 Å². The molecule has 0 radical (unpaired) electrons. The molecule has 3 amide bonds. The highest BCUT2D eigenvalue weighted by Crippen LogP contribution is 2.08. The third-order valence-corrected chi connectivity index (χ3v) is 2.40. The molecule has 1 aromatic rings. The van der Waals surface area contributed by atoms with Crippen molar-refractivity contribution in [3.8, 4) is 0 Å². The zero-order chi connectivity index (χ0) is 14.4. The van der Waals surface area contributed by atoms with Crippen molar-refractivity contribution in [2.24, 2.45) is 5.73 Å². The molecular formula is C13H20N4O2. The van der Waals surface area contributed by atoms with Gasteiger partial charge in [0.2, 0.25) is 5.91 Å². The summed E-state index contributed by atoms with van der Waals surface area (Å²) < 4.78 is 0. The Labute approximate surface area is 112 Å². The van der Waals surface area contributed by atoms with Crippen molar-refractivity contribution >= 4 is 17.6 Å². The van der Waals surface area contributed by atoms with Crippen LogP contribution < -0.4 is 16.8 Å². The highest BCUT2D eigenvalue weighted by Gasteiger charge is 2.16. The van der Waals surface area contributed by atoms with Crippen molar-refractivity contribution < 1.29 is 9.59 Å². The lowest BCUT2D eigenvalue weighted by Gasteiger charge is -2.23. The van der Waals surface area contributed by atoms with Gasteiger partial charge in [-0.2, -0.15) is 0 Å². The lowest BCUT2D eigenvalue weighted by Crippen LogP contribution is -2.46. The van der Waals surface area contributed by atoms with Crippen LogP contribution in [0.1, 0.15) is 19.4 Å². The molecule has 5 N–H and O–H groups in total. The topological polar surface area (TPSA) is 101 Å². The fourth-order valence-corrected chi connectivity index (χ4v) is 1.57. The molecule has 0 saturated carbocycles. The molecule has 0 aliphatic heterocycles. The van der Waals surface area contributed by atoms with Crippen LogP contribution in [0, 0.1) is 0 Å². The monoisotopic (exact) mass is 264 g/mol. The van der Waals surface area contributed by atoms with Gasteiger partial charge in [0.15, 0.2) is 0 Å². The number of carbonyl (C=O) groups excluding carboxylic acids is 2. The molecule has 19 heavy (non-hydrogen) atoms. The molecule has 0 spiro atoms. The van der Waals surface area contributed by atoms with E-state index in [1.807, 2.05) is 26.0 Å². The number of hydrogen-bond donors (Lipinski definition) is 3. The highest BCUT2D eigenvalue weighted by molar-refractivity contribution is 5.83. The van der Waals surface area contributed by atoms with Crippen LogP contribution in [0.4, 0.5) is 10.5 Å².